The first kappa shape index (κ1) is 7.17. The summed E-state index contributed by atoms with van der Waals surface area (Å²) < 4.78 is 0. The highest BCUT2D eigenvalue weighted by atomic mass is 15.1. The lowest BCUT2D eigenvalue weighted by Crippen LogP contribution is -2.28. The van der Waals surface area contributed by atoms with Gasteiger partial charge in [-0.05, 0) is 18.2 Å². The van der Waals surface area contributed by atoms with Gasteiger partial charge in [-0.3, -0.25) is 0 Å². The van der Waals surface area contributed by atoms with E-state index in [-0.39, 0.29) is 0 Å². The quantitative estimate of drug-likeness (QED) is 0.528. The molecular formula is C11H11N. The summed E-state index contributed by atoms with van der Waals surface area (Å²) in [5.74, 6) is 0. The second-order valence-electron chi connectivity index (χ2n) is 2.81. The van der Waals surface area contributed by atoms with Gasteiger partial charge < -0.3 is 4.90 Å². The second-order valence-corrected chi connectivity index (χ2v) is 2.81. The Morgan fingerprint density at radius 3 is 3.08 bits per heavy atom. The van der Waals surface area contributed by atoms with Gasteiger partial charge in [0, 0.05) is 11.9 Å². The molecule has 0 bridgehead atoms. The molecule has 0 radical (unpaired) electrons. The smallest absolute Gasteiger partial charge is 0.0700 e. The van der Waals surface area contributed by atoms with Crippen LogP contribution in [0.5, 0.6) is 0 Å². The molecule has 60 valence electrons. The number of rotatable bonds is 1. The molecule has 0 amide bonds. The lowest BCUT2D eigenvalue weighted by Gasteiger charge is -2.30. The monoisotopic (exact) mass is 157 g/mol. The van der Waals surface area contributed by atoms with Crippen molar-refractivity contribution >= 4 is 0 Å². The lowest BCUT2D eigenvalue weighted by atomic mass is 10.1. The predicted molar refractivity (Wildman–Crippen MR) is 51.3 cm³/mol. The van der Waals surface area contributed by atoms with Gasteiger partial charge in [-0.2, -0.15) is 0 Å². The van der Waals surface area contributed by atoms with Crippen LogP contribution in [0.1, 0.15) is 0 Å². The maximum Gasteiger partial charge on any atom is 0.0700 e. The van der Waals surface area contributed by atoms with Crippen LogP contribution in [-0.2, 0) is 0 Å². The van der Waals surface area contributed by atoms with Crippen molar-refractivity contribution in [2.24, 2.45) is 0 Å². The second kappa shape index (κ2) is 2.86. The number of allylic oxidation sites excluding steroid dienone is 5. The van der Waals surface area contributed by atoms with E-state index < -0.39 is 0 Å². The molecule has 1 atom stereocenters. The van der Waals surface area contributed by atoms with E-state index in [2.05, 4.69) is 42.0 Å². The fourth-order valence-corrected chi connectivity index (χ4v) is 1.43. The number of nitrogens with zero attached hydrogens (tertiary/aromatic N) is 1. The molecule has 1 heteroatoms. The van der Waals surface area contributed by atoms with Crippen LogP contribution in [0.3, 0.4) is 0 Å². The summed E-state index contributed by atoms with van der Waals surface area (Å²) in [7, 11) is 0. The summed E-state index contributed by atoms with van der Waals surface area (Å²) in [5, 5.41) is 0. The van der Waals surface area contributed by atoms with Crippen LogP contribution in [0.25, 0.3) is 0 Å². The van der Waals surface area contributed by atoms with Gasteiger partial charge in [-0.15, -0.1) is 6.58 Å². The highest BCUT2D eigenvalue weighted by Crippen LogP contribution is 2.20. The van der Waals surface area contributed by atoms with Crippen LogP contribution in [0.2, 0.25) is 0 Å². The van der Waals surface area contributed by atoms with E-state index in [1.54, 1.807) is 0 Å². The van der Waals surface area contributed by atoms with Crippen LogP contribution in [0.15, 0.2) is 61.0 Å². The third-order valence-corrected chi connectivity index (χ3v) is 2.06. The van der Waals surface area contributed by atoms with Gasteiger partial charge in [0.1, 0.15) is 0 Å². The minimum atomic E-state index is 0.311. The van der Waals surface area contributed by atoms with Gasteiger partial charge >= 0.3 is 0 Å². The molecule has 0 N–H and O–H groups in total. The molecule has 0 aromatic rings. The Morgan fingerprint density at radius 1 is 1.33 bits per heavy atom. The normalized spacial score (nSPS) is 25.2. The Kier molecular flexibility index (Phi) is 1.71. The molecule has 0 aliphatic carbocycles. The van der Waals surface area contributed by atoms with Crippen molar-refractivity contribution < 1.29 is 0 Å². The summed E-state index contributed by atoms with van der Waals surface area (Å²) in [6.45, 7) is 3.80. The standard InChI is InChI=1S/C11H11N/c1-2-10-7-5-8-11-6-3-4-9-12(10)11/h2-10H,1H2. The topological polar surface area (TPSA) is 3.24 Å². The van der Waals surface area contributed by atoms with Crippen molar-refractivity contribution in [1.29, 1.82) is 0 Å². The van der Waals surface area contributed by atoms with Crippen molar-refractivity contribution in [3.8, 4) is 0 Å². The van der Waals surface area contributed by atoms with E-state index in [0.29, 0.717) is 6.04 Å². The van der Waals surface area contributed by atoms with Crippen LogP contribution in [0, 0.1) is 0 Å². The zero-order valence-corrected chi connectivity index (χ0v) is 6.85. The van der Waals surface area contributed by atoms with Crippen molar-refractivity contribution in [2.45, 2.75) is 6.04 Å². The zero-order valence-electron chi connectivity index (χ0n) is 6.85. The first-order valence-corrected chi connectivity index (χ1v) is 4.06. The maximum absolute atomic E-state index is 3.80. The van der Waals surface area contributed by atoms with E-state index in [1.807, 2.05) is 18.2 Å². The Bertz CT molecular complexity index is 305. The van der Waals surface area contributed by atoms with Crippen LogP contribution in [0.4, 0.5) is 0 Å². The fraction of sp³-hybridized carbons (Fsp3) is 0.0909. The lowest BCUT2D eigenvalue weighted by molar-refractivity contribution is 0.452. The Balaban J connectivity index is 2.34. The van der Waals surface area contributed by atoms with E-state index in [1.165, 1.54) is 5.70 Å². The minimum absolute atomic E-state index is 0.311. The van der Waals surface area contributed by atoms with Gasteiger partial charge in [0.25, 0.3) is 0 Å². The average Bonchev–Trinajstić information content (AvgIpc) is 2.17. The molecule has 12 heavy (non-hydrogen) atoms. The molecule has 2 aliphatic heterocycles. The molecule has 2 heterocycles. The summed E-state index contributed by atoms with van der Waals surface area (Å²) in [5.41, 5.74) is 1.23. The highest BCUT2D eigenvalue weighted by Gasteiger charge is 2.14. The summed E-state index contributed by atoms with van der Waals surface area (Å²) >= 11 is 0. The van der Waals surface area contributed by atoms with E-state index in [4.69, 9.17) is 0 Å². The molecule has 1 unspecified atom stereocenters. The third kappa shape index (κ3) is 1.03. The SMILES string of the molecule is C=CC1C=CC=C2C=CC=CN21. The molecule has 2 rings (SSSR count). The van der Waals surface area contributed by atoms with Gasteiger partial charge in [0.2, 0.25) is 0 Å². The minimum Gasteiger partial charge on any atom is -0.338 e. The first-order chi connectivity index (χ1) is 5.92. The van der Waals surface area contributed by atoms with Crippen LogP contribution in [-0.4, -0.2) is 10.9 Å². The van der Waals surface area contributed by atoms with Crippen molar-refractivity contribution in [2.75, 3.05) is 0 Å². The molecule has 0 aromatic carbocycles. The van der Waals surface area contributed by atoms with E-state index >= 15 is 0 Å². The summed E-state index contributed by atoms with van der Waals surface area (Å²) in [6, 6.07) is 0.311. The first-order valence-electron chi connectivity index (χ1n) is 4.06. The molecule has 1 nitrogen and oxygen atoms in total. The molecule has 0 saturated heterocycles. The average molecular weight is 157 g/mol. The van der Waals surface area contributed by atoms with Crippen molar-refractivity contribution in [3.63, 3.8) is 0 Å². The molecule has 0 fully saturated rings. The number of hydrogen-bond donors (Lipinski definition) is 0. The molecule has 2 aliphatic rings. The van der Waals surface area contributed by atoms with Gasteiger partial charge in [0.05, 0.1) is 6.04 Å². The number of fused-ring (bicyclic) bond motifs is 1. The van der Waals surface area contributed by atoms with Crippen molar-refractivity contribution in [1.82, 2.24) is 4.90 Å². The Morgan fingerprint density at radius 2 is 2.25 bits per heavy atom. The maximum atomic E-state index is 3.80. The summed E-state index contributed by atoms with van der Waals surface area (Å²) in [4.78, 5) is 2.19. The Labute approximate surface area is 72.7 Å². The van der Waals surface area contributed by atoms with Crippen molar-refractivity contribution in [3.05, 3.63) is 61.0 Å². The largest absolute Gasteiger partial charge is 0.338 e. The molecule has 0 saturated carbocycles. The van der Waals surface area contributed by atoms with Gasteiger partial charge in [-0.25, -0.2) is 0 Å². The van der Waals surface area contributed by atoms with Crippen LogP contribution < -0.4 is 0 Å². The summed E-state index contributed by atoms with van der Waals surface area (Å²) in [6.07, 6.45) is 16.5. The van der Waals surface area contributed by atoms with E-state index in [9.17, 15) is 0 Å². The highest BCUT2D eigenvalue weighted by molar-refractivity contribution is 5.36. The molecule has 0 aromatic heterocycles. The van der Waals surface area contributed by atoms with E-state index in [0.717, 1.165) is 0 Å². The van der Waals surface area contributed by atoms with Crippen LogP contribution >= 0.6 is 0 Å². The van der Waals surface area contributed by atoms with Gasteiger partial charge in [-0.1, -0.05) is 24.3 Å². The Hall–Kier alpha value is -1.50. The predicted octanol–water partition coefficient (Wildman–Crippen LogP) is 2.38. The third-order valence-electron chi connectivity index (χ3n) is 2.06. The van der Waals surface area contributed by atoms with Gasteiger partial charge in [0.15, 0.2) is 0 Å². The fourth-order valence-electron chi connectivity index (χ4n) is 1.43. The zero-order chi connectivity index (χ0) is 8.39. The number of hydrogen-bond acceptors (Lipinski definition) is 1. The molecular weight excluding hydrogens is 146 g/mol. The molecule has 0 spiro atoms.